The van der Waals surface area contributed by atoms with E-state index in [9.17, 15) is 4.79 Å². The number of aromatic carboxylic acids is 1. The number of hydrogen-bond acceptors (Lipinski definition) is 2. The number of anilines is 1. The molecule has 1 saturated carbocycles. The molecule has 18 heavy (non-hydrogen) atoms. The molecule has 1 N–H and O–H groups in total. The van der Waals surface area contributed by atoms with Gasteiger partial charge in [-0.3, -0.25) is 0 Å². The predicted octanol–water partition coefficient (Wildman–Crippen LogP) is 3.07. The molecule has 1 heterocycles. The number of rotatable bonds is 2. The lowest BCUT2D eigenvalue weighted by Crippen LogP contribution is -2.55. The number of carboxylic acid groups (broad SMARTS) is 1. The van der Waals surface area contributed by atoms with Crippen LogP contribution in [0.1, 0.15) is 41.6 Å². The molecule has 1 aliphatic heterocycles. The number of nitrogens with zero attached hydrogens (tertiary/aromatic N) is 1. The van der Waals surface area contributed by atoms with E-state index in [-0.39, 0.29) is 0 Å². The molecule has 2 aliphatic rings. The lowest BCUT2D eigenvalue weighted by molar-refractivity contribution is 0.0696. The SMILES string of the molecule is Cc1c(C(=O)O)cccc1N1CC2(CCCC2)C1. The van der Waals surface area contributed by atoms with Gasteiger partial charge in [-0.05, 0) is 37.5 Å². The van der Waals surface area contributed by atoms with Crippen molar-refractivity contribution in [3.8, 4) is 0 Å². The third-order valence-corrected chi connectivity index (χ3v) is 4.59. The summed E-state index contributed by atoms with van der Waals surface area (Å²) in [5, 5.41) is 9.15. The van der Waals surface area contributed by atoms with Gasteiger partial charge < -0.3 is 10.0 Å². The van der Waals surface area contributed by atoms with E-state index in [2.05, 4.69) is 4.90 Å². The van der Waals surface area contributed by atoms with Gasteiger partial charge in [-0.25, -0.2) is 4.79 Å². The van der Waals surface area contributed by atoms with Crippen molar-refractivity contribution in [2.24, 2.45) is 5.41 Å². The van der Waals surface area contributed by atoms with E-state index in [4.69, 9.17) is 5.11 Å². The maximum atomic E-state index is 11.1. The van der Waals surface area contributed by atoms with E-state index in [0.29, 0.717) is 11.0 Å². The van der Waals surface area contributed by atoms with E-state index in [0.717, 1.165) is 24.3 Å². The summed E-state index contributed by atoms with van der Waals surface area (Å²) >= 11 is 0. The fraction of sp³-hybridized carbons (Fsp3) is 0.533. The zero-order valence-corrected chi connectivity index (χ0v) is 10.8. The molecule has 3 heteroatoms. The van der Waals surface area contributed by atoms with E-state index >= 15 is 0 Å². The Bertz CT molecular complexity index is 481. The average Bonchev–Trinajstić information content (AvgIpc) is 2.76. The molecule has 0 amide bonds. The summed E-state index contributed by atoms with van der Waals surface area (Å²) in [6, 6.07) is 5.58. The van der Waals surface area contributed by atoms with Crippen molar-refractivity contribution in [1.29, 1.82) is 0 Å². The van der Waals surface area contributed by atoms with Crippen LogP contribution in [0.2, 0.25) is 0 Å². The van der Waals surface area contributed by atoms with Crippen LogP contribution in [0.25, 0.3) is 0 Å². The highest BCUT2D eigenvalue weighted by atomic mass is 16.4. The fourth-order valence-electron chi connectivity index (χ4n) is 3.57. The smallest absolute Gasteiger partial charge is 0.336 e. The first-order valence-electron chi connectivity index (χ1n) is 6.69. The zero-order valence-electron chi connectivity index (χ0n) is 10.8. The lowest BCUT2D eigenvalue weighted by atomic mass is 9.77. The third kappa shape index (κ3) is 1.69. The van der Waals surface area contributed by atoms with Crippen molar-refractivity contribution in [2.75, 3.05) is 18.0 Å². The molecule has 96 valence electrons. The van der Waals surface area contributed by atoms with Gasteiger partial charge in [0.1, 0.15) is 0 Å². The molecular weight excluding hydrogens is 226 g/mol. The van der Waals surface area contributed by atoms with Crippen LogP contribution in [0.15, 0.2) is 18.2 Å². The minimum absolute atomic E-state index is 0.430. The molecule has 1 aromatic carbocycles. The standard InChI is InChI=1S/C15H19NO2/c1-11-12(14(17)18)5-4-6-13(11)16-9-15(10-16)7-2-3-8-15/h4-6H,2-3,7-10H2,1H3,(H,17,18). The Kier molecular flexibility index (Phi) is 2.58. The molecule has 3 rings (SSSR count). The van der Waals surface area contributed by atoms with Crippen LogP contribution >= 0.6 is 0 Å². The van der Waals surface area contributed by atoms with Crippen LogP contribution in [0.3, 0.4) is 0 Å². The summed E-state index contributed by atoms with van der Waals surface area (Å²) in [5.74, 6) is -0.828. The van der Waals surface area contributed by atoms with Crippen LogP contribution in [0.4, 0.5) is 5.69 Å². The average molecular weight is 245 g/mol. The molecule has 3 nitrogen and oxygen atoms in total. The predicted molar refractivity (Wildman–Crippen MR) is 71.3 cm³/mol. The van der Waals surface area contributed by atoms with E-state index in [1.165, 1.54) is 25.7 Å². The van der Waals surface area contributed by atoms with Crippen LogP contribution in [-0.2, 0) is 0 Å². The van der Waals surface area contributed by atoms with Crippen molar-refractivity contribution >= 4 is 11.7 Å². The van der Waals surface area contributed by atoms with E-state index < -0.39 is 5.97 Å². The maximum Gasteiger partial charge on any atom is 0.336 e. The van der Waals surface area contributed by atoms with Crippen molar-refractivity contribution in [2.45, 2.75) is 32.6 Å². The Morgan fingerprint density at radius 3 is 2.56 bits per heavy atom. The van der Waals surface area contributed by atoms with Crippen LogP contribution in [0.5, 0.6) is 0 Å². The van der Waals surface area contributed by atoms with Crippen molar-refractivity contribution in [3.63, 3.8) is 0 Å². The summed E-state index contributed by atoms with van der Waals surface area (Å²) in [7, 11) is 0. The Hall–Kier alpha value is -1.51. The molecule has 1 aliphatic carbocycles. The summed E-state index contributed by atoms with van der Waals surface area (Å²) in [6.45, 7) is 4.13. The Morgan fingerprint density at radius 2 is 1.94 bits per heavy atom. The van der Waals surface area contributed by atoms with Crippen LogP contribution in [-0.4, -0.2) is 24.2 Å². The van der Waals surface area contributed by atoms with Gasteiger partial charge in [-0.2, -0.15) is 0 Å². The van der Waals surface area contributed by atoms with Crippen molar-refractivity contribution in [3.05, 3.63) is 29.3 Å². The second kappa shape index (κ2) is 4.01. The van der Waals surface area contributed by atoms with Crippen LogP contribution in [0, 0.1) is 12.3 Å². The molecule has 0 aromatic heterocycles. The van der Waals surface area contributed by atoms with Crippen molar-refractivity contribution in [1.82, 2.24) is 0 Å². The largest absolute Gasteiger partial charge is 0.478 e. The van der Waals surface area contributed by atoms with Crippen molar-refractivity contribution < 1.29 is 9.90 Å². The Morgan fingerprint density at radius 1 is 1.28 bits per heavy atom. The van der Waals surface area contributed by atoms with Gasteiger partial charge in [0.25, 0.3) is 0 Å². The topological polar surface area (TPSA) is 40.5 Å². The number of benzene rings is 1. The van der Waals surface area contributed by atoms with Gasteiger partial charge in [0, 0.05) is 24.2 Å². The maximum absolute atomic E-state index is 11.1. The minimum Gasteiger partial charge on any atom is -0.478 e. The highest BCUT2D eigenvalue weighted by Crippen LogP contribution is 2.47. The molecular formula is C15H19NO2. The zero-order chi connectivity index (χ0) is 12.8. The normalized spacial score (nSPS) is 21.1. The van der Waals surface area contributed by atoms with Gasteiger partial charge >= 0.3 is 5.97 Å². The number of carbonyl (C=O) groups is 1. The third-order valence-electron chi connectivity index (χ3n) is 4.59. The lowest BCUT2D eigenvalue weighted by Gasteiger charge is -2.50. The number of hydrogen-bond donors (Lipinski definition) is 1. The van der Waals surface area contributed by atoms with Gasteiger partial charge in [-0.15, -0.1) is 0 Å². The Labute approximate surface area is 107 Å². The first-order valence-corrected chi connectivity index (χ1v) is 6.69. The second-order valence-electron chi connectivity index (χ2n) is 5.82. The molecule has 0 unspecified atom stereocenters. The fourth-order valence-corrected chi connectivity index (χ4v) is 3.57. The monoisotopic (exact) mass is 245 g/mol. The Balaban J connectivity index is 1.82. The minimum atomic E-state index is -0.828. The van der Waals surface area contributed by atoms with Gasteiger partial charge in [0.2, 0.25) is 0 Å². The number of carboxylic acids is 1. The first kappa shape index (κ1) is 11.6. The molecule has 2 fully saturated rings. The van der Waals surface area contributed by atoms with Crippen LogP contribution < -0.4 is 4.90 Å². The summed E-state index contributed by atoms with van der Waals surface area (Å²) in [5.41, 5.74) is 2.98. The molecule has 0 atom stereocenters. The molecule has 0 radical (unpaired) electrons. The van der Waals surface area contributed by atoms with Gasteiger partial charge in [0.15, 0.2) is 0 Å². The molecule has 0 bridgehead atoms. The highest BCUT2D eigenvalue weighted by molar-refractivity contribution is 5.91. The molecule has 1 aromatic rings. The first-order chi connectivity index (χ1) is 8.61. The summed E-state index contributed by atoms with van der Waals surface area (Å²) < 4.78 is 0. The molecule has 1 spiro atoms. The van der Waals surface area contributed by atoms with Gasteiger partial charge in [0.05, 0.1) is 5.56 Å². The van der Waals surface area contributed by atoms with Gasteiger partial charge in [-0.1, -0.05) is 18.9 Å². The van der Waals surface area contributed by atoms with E-state index in [1.807, 2.05) is 19.1 Å². The highest BCUT2D eigenvalue weighted by Gasteiger charge is 2.45. The van der Waals surface area contributed by atoms with E-state index in [1.54, 1.807) is 6.07 Å². The summed E-state index contributed by atoms with van der Waals surface area (Å²) in [4.78, 5) is 13.5. The second-order valence-corrected chi connectivity index (χ2v) is 5.82. The quantitative estimate of drug-likeness (QED) is 0.870. The summed E-state index contributed by atoms with van der Waals surface area (Å²) in [6.07, 6.45) is 5.42. The molecule has 1 saturated heterocycles.